The van der Waals surface area contributed by atoms with Crippen molar-refractivity contribution >= 4 is 10.0 Å². The number of rotatable bonds is 2. The Bertz CT molecular complexity index is 670. The van der Waals surface area contributed by atoms with E-state index in [0.29, 0.717) is 25.3 Å². The lowest BCUT2D eigenvalue weighted by Gasteiger charge is -2.37. The lowest BCUT2D eigenvalue weighted by Crippen LogP contribution is -2.50. The van der Waals surface area contributed by atoms with Crippen molar-refractivity contribution in [1.82, 2.24) is 4.31 Å². The van der Waals surface area contributed by atoms with Gasteiger partial charge in [-0.05, 0) is 26.0 Å². The van der Waals surface area contributed by atoms with Crippen LogP contribution >= 0.6 is 0 Å². The molecule has 5 nitrogen and oxygen atoms in total. The molecule has 1 N–H and O–H groups in total. The highest BCUT2D eigenvalue weighted by Crippen LogP contribution is 2.25. The largest absolute Gasteiger partial charge is 0.384 e. The summed E-state index contributed by atoms with van der Waals surface area (Å²) in [4.78, 5) is 0.170. The Hall–Kier alpha value is -1.39. The Balaban J connectivity index is 2.40. The highest BCUT2D eigenvalue weighted by molar-refractivity contribution is 7.89. The fourth-order valence-electron chi connectivity index (χ4n) is 2.25. The predicted molar refractivity (Wildman–Crippen MR) is 79.2 cm³/mol. The van der Waals surface area contributed by atoms with Gasteiger partial charge in [0.15, 0.2) is 0 Å². The molecule has 1 saturated heterocycles. The summed E-state index contributed by atoms with van der Waals surface area (Å²) < 4.78 is 32.6. The second-order valence-electron chi connectivity index (χ2n) is 5.40. The smallest absolute Gasteiger partial charge is 0.244 e. The highest BCUT2D eigenvalue weighted by atomic mass is 32.2. The van der Waals surface area contributed by atoms with E-state index in [0.717, 1.165) is 0 Å². The second-order valence-corrected chi connectivity index (χ2v) is 7.31. The van der Waals surface area contributed by atoms with Crippen molar-refractivity contribution < 1.29 is 18.3 Å². The van der Waals surface area contributed by atoms with Gasteiger partial charge in [-0.2, -0.15) is 4.31 Å². The Kier molecular flexibility index (Phi) is 4.69. The molecule has 1 aliphatic heterocycles. The number of aliphatic hydroxyl groups is 1. The maximum Gasteiger partial charge on any atom is 0.244 e. The third kappa shape index (κ3) is 3.63. The molecular formula is C15H19NO4S. The van der Waals surface area contributed by atoms with E-state index < -0.39 is 15.6 Å². The third-order valence-electron chi connectivity index (χ3n) is 3.20. The van der Waals surface area contributed by atoms with Gasteiger partial charge in [-0.15, -0.1) is 0 Å². The number of hydrogen-bond acceptors (Lipinski definition) is 4. The van der Waals surface area contributed by atoms with Crippen LogP contribution in [0, 0.1) is 11.8 Å². The van der Waals surface area contributed by atoms with Gasteiger partial charge < -0.3 is 9.84 Å². The van der Waals surface area contributed by atoms with E-state index in [4.69, 9.17) is 9.84 Å². The summed E-state index contributed by atoms with van der Waals surface area (Å²) in [6.45, 7) is 4.43. The lowest BCUT2D eigenvalue weighted by molar-refractivity contribution is -0.0640. The normalized spacial score (nSPS) is 18.8. The minimum Gasteiger partial charge on any atom is -0.384 e. The van der Waals surface area contributed by atoms with Gasteiger partial charge in [0.25, 0.3) is 0 Å². The van der Waals surface area contributed by atoms with Crippen molar-refractivity contribution in [2.75, 3.05) is 26.3 Å². The maximum absolute atomic E-state index is 12.8. The molecule has 0 bridgehead atoms. The molecule has 0 aromatic heterocycles. The van der Waals surface area contributed by atoms with Crippen molar-refractivity contribution in [2.45, 2.75) is 24.3 Å². The average molecular weight is 309 g/mol. The van der Waals surface area contributed by atoms with Crippen LogP contribution < -0.4 is 0 Å². The zero-order valence-electron chi connectivity index (χ0n) is 12.2. The standard InChI is InChI=1S/C15H19NO4S/c1-15(2)12-16(9-11-20-15)21(18,19)14-8-4-3-6-13(14)7-5-10-17/h3-4,6,8,17H,9-12H2,1-2H3. The summed E-state index contributed by atoms with van der Waals surface area (Å²) in [6, 6.07) is 6.58. The molecule has 0 saturated carbocycles. The van der Waals surface area contributed by atoms with Gasteiger partial charge in [0.1, 0.15) is 6.61 Å². The van der Waals surface area contributed by atoms with Gasteiger partial charge in [0.2, 0.25) is 10.0 Å². The Labute approximate surface area is 125 Å². The van der Waals surface area contributed by atoms with Crippen LogP contribution in [0.3, 0.4) is 0 Å². The van der Waals surface area contributed by atoms with E-state index in [1.165, 1.54) is 4.31 Å². The molecule has 0 aliphatic carbocycles. The van der Waals surface area contributed by atoms with Gasteiger partial charge in [-0.25, -0.2) is 8.42 Å². The van der Waals surface area contributed by atoms with E-state index in [1.54, 1.807) is 24.3 Å². The van der Waals surface area contributed by atoms with Crippen molar-refractivity contribution in [2.24, 2.45) is 0 Å². The van der Waals surface area contributed by atoms with Crippen LogP contribution in [-0.4, -0.2) is 49.7 Å². The molecule has 1 aliphatic rings. The Morgan fingerprint density at radius 3 is 2.76 bits per heavy atom. The minimum absolute atomic E-state index is 0.170. The molecule has 1 aromatic carbocycles. The third-order valence-corrected chi connectivity index (χ3v) is 5.10. The number of morpholine rings is 1. The molecule has 2 rings (SSSR count). The van der Waals surface area contributed by atoms with Crippen LogP contribution in [0.25, 0.3) is 0 Å². The molecular weight excluding hydrogens is 290 g/mol. The molecule has 1 heterocycles. The first-order valence-corrected chi connectivity index (χ1v) is 8.14. The Morgan fingerprint density at radius 2 is 2.10 bits per heavy atom. The van der Waals surface area contributed by atoms with Crippen LogP contribution in [0.1, 0.15) is 19.4 Å². The van der Waals surface area contributed by atoms with Gasteiger partial charge in [-0.1, -0.05) is 24.0 Å². The Morgan fingerprint density at radius 1 is 1.38 bits per heavy atom. The molecule has 1 fully saturated rings. The van der Waals surface area contributed by atoms with E-state index in [-0.39, 0.29) is 11.5 Å². The first-order valence-electron chi connectivity index (χ1n) is 6.70. The fourth-order valence-corrected chi connectivity index (χ4v) is 3.97. The SMILES string of the molecule is CC1(C)CN(S(=O)(=O)c2ccccc2C#CCO)CCO1. The van der Waals surface area contributed by atoms with E-state index in [2.05, 4.69) is 11.8 Å². The van der Waals surface area contributed by atoms with E-state index in [9.17, 15) is 8.42 Å². The molecule has 114 valence electrons. The number of nitrogens with zero attached hydrogens (tertiary/aromatic N) is 1. The predicted octanol–water partition coefficient (Wildman–Crippen LogP) is 0.830. The average Bonchev–Trinajstić information content (AvgIpc) is 2.44. The lowest BCUT2D eigenvalue weighted by atomic mass is 10.1. The van der Waals surface area contributed by atoms with E-state index >= 15 is 0 Å². The van der Waals surface area contributed by atoms with Crippen LogP contribution in [0.4, 0.5) is 0 Å². The number of aliphatic hydroxyl groups excluding tert-OH is 1. The number of benzene rings is 1. The molecule has 6 heteroatoms. The molecule has 0 spiro atoms. The monoisotopic (exact) mass is 309 g/mol. The number of hydrogen-bond donors (Lipinski definition) is 1. The van der Waals surface area contributed by atoms with Crippen molar-refractivity contribution in [3.8, 4) is 11.8 Å². The zero-order chi connectivity index (χ0) is 15.5. The maximum atomic E-state index is 12.8. The molecule has 0 amide bonds. The second kappa shape index (κ2) is 6.16. The molecule has 1 aromatic rings. The summed E-state index contributed by atoms with van der Waals surface area (Å²) in [5, 5.41) is 8.79. The summed E-state index contributed by atoms with van der Waals surface area (Å²) in [7, 11) is -3.62. The first kappa shape index (κ1) is 16.0. The summed E-state index contributed by atoms with van der Waals surface area (Å²) >= 11 is 0. The fraction of sp³-hybridized carbons (Fsp3) is 0.467. The highest BCUT2D eigenvalue weighted by Gasteiger charge is 2.35. The molecule has 0 atom stereocenters. The van der Waals surface area contributed by atoms with Gasteiger partial charge in [0, 0.05) is 18.7 Å². The van der Waals surface area contributed by atoms with E-state index in [1.807, 2.05) is 13.8 Å². The van der Waals surface area contributed by atoms with Gasteiger partial charge in [-0.3, -0.25) is 0 Å². The summed E-state index contributed by atoms with van der Waals surface area (Å²) in [5.41, 5.74) is -0.104. The summed E-state index contributed by atoms with van der Waals surface area (Å²) in [6.07, 6.45) is 0. The van der Waals surface area contributed by atoms with Crippen LogP contribution in [0.15, 0.2) is 29.2 Å². The van der Waals surface area contributed by atoms with Crippen molar-refractivity contribution in [1.29, 1.82) is 0 Å². The molecule has 0 radical (unpaired) electrons. The van der Waals surface area contributed by atoms with Crippen LogP contribution in [-0.2, 0) is 14.8 Å². The zero-order valence-corrected chi connectivity index (χ0v) is 13.0. The van der Waals surface area contributed by atoms with Crippen LogP contribution in [0.5, 0.6) is 0 Å². The van der Waals surface area contributed by atoms with Gasteiger partial charge in [0.05, 0.1) is 17.1 Å². The first-order chi connectivity index (χ1) is 9.87. The van der Waals surface area contributed by atoms with Crippen molar-refractivity contribution in [3.05, 3.63) is 29.8 Å². The van der Waals surface area contributed by atoms with Crippen LogP contribution in [0.2, 0.25) is 0 Å². The number of sulfonamides is 1. The quantitative estimate of drug-likeness (QED) is 0.822. The molecule has 21 heavy (non-hydrogen) atoms. The summed E-state index contributed by atoms with van der Waals surface area (Å²) in [5.74, 6) is 5.19. The van der Waals surface area contributed by atoms with Gasteiger partial charge >= 0.3 is 0 Å². The topological polar surface area (TPSA) is 66.8 Å². The molecule has 0 unspecified atom stereocenters. The van der Waals surface area contributed by atoms with Crippen molar-refractivity contribution in [3.63, 3.8) is 0 Å². The minimum atomic E-state index is -3.62. The number of ether oxygens (including phenoxy) is 1.